The molecule has 0 atom stereocenters. The van der Waals surface area contributed by atoms with Crippen LogP contribution in [0.5, 0.6) is 0 Å². The van der Waals surface area contributed by atoms with E-state index in [0.29, 0.717) is 21.5 Å². The highest BCUT2D eigenvalue weighted by atomic mass is 35.5. The summed E-state index contributed by atoms with van der Waals surface area (Å²) in [6, 6.07) is 11.6. The predicted molar refractivity (Wildman–Crippen MR) is 86.6 cm³/mol. The van der Waals surface area contributed by atoms with Gasteiger partial charge in [0.2, 0.25) is 0 Å². The van der Waals surface area contributed by atoms with Gasteiger partial charge in [-0.2, -0.15) is 0 Å². The molecule has 0 aliphatic carbocycles. The third-order valence-corrected chi connectivity index (χ3v) is 5.49. The third-order valence-electron chi connectivity index (χ3n) is 3.56. The molecule has 0 saturated heterocycles. The average molecular weight is 336 g/mol. The van der Waals surface area contributed by atoms with Gasteiger partial charge in [0, 0.05) is 22.2 Å². The molecular weight excluding hydrogens is 322 g/mol. The zero-order chi connectivity index (χ0) is 15.9. The molecule has 6 heteroatoms. The van der Waals surface area contributed by atoms with Crippen molar-refractivity contribution in [3.05, 3.63) is 64.8 Å². The molecule has 1 heterocycles. The molecule has 0 amide bonds. The fourth-order valence-corrected chi connectivity index (χ4v) is 3.95. The second-order valence-corrected chi connectivity index (χ2v) is 7.34. The minimum Gasteiger partial charge on any atom is -0.392 e. The van der Waals surface area contributed by atoms with Crippen LogP contribution in [0, 0.1) is 6.92 Å². The van der Waals surface area contributed by atoms with Crippen LogP contribution in [-0.4, -0.2) is 17.5 Å². The number of aliphatic hydroxyl groups is 1. The van der Waals surface area contributed by atoms with Gasteiger partial charge in [0.25, 0.3) is 10.0 Å². The van der Waals surface area contributed by atoms with Crippen LogP contribution >= 0.6 is 11.6 Å². The van der Waals surface area contributed by atoms with Gasteiger partial charge in [0.05, 0.1) is 17.0 Å². The molecule has 3 aromatic rings. The first-order valence-corrected chi connectivity index (χ1v) is 8.48. The number of fused-ring (bicyclic) bond motifs is 1. The average Bonchev–Trinajstić information content (AvgIpc) is 2.86. The van der Waals surface area contributed by atoms with Crippen LogP contribution in [0.1, 0.15) is 11.1 Å². The summed E-state index contributed by atoms with van der Waals surface area (Å²) >= 11 is 5.97. The fourth-order valence-electron chi connectivity index (χ4n) is 2.39. The Bertz CT molecular complexity index is 943. The van der Waals surface area contributed by atoms with Crippen LogP contribution in [0.2, 0.25) is 5.02 Å². The molecule has 3 rings (SSSR count). The third kappa shape index (κ3) is 2.41. The molecule has 0 aliphatic heterocycles. The van der Waals surface area contributed by atoms with Crippen LogP contribution in [-0.2, 0) is 16.6 Å². The van der Waals surface area contributed by atoms with Gasteiger partial charge >= 0.3 is 0 Å². The van der Waals surface area contributed by atoms with E-state index < -0.39 is 10.0 Å². The molecule has 0 spiro atoms. The molecule has 1 aromatic heterocycles. The Kier molecular flexibility index (Phi) is 3.72. The molecular formula is C16H14ClNO3S. The van der Waals surface area contributed by atoms with Crippen LogP contribution in [0.3, 0.4) is 0 Å². The molecule has 22 heavy (non-hydrogen) atoms. The van der Waals surface area contributed by atoms with E-state index >= 15 is 0 Å². The Labute approximate surface area is 133 Å². The van der Waals surface area contributed by atoms with Crippen molar-refractivity contribution in [2.24, 2.45) is 0 Å². The van der Waals surface area contributed by atoms with Crippen molar-refractivity contribution in [2.45, 2.75) is 18.4 Å². The van der Waals surface area contributed by atoms with Gasteiger partial charge < -0.3 is 5.11 Å². The van der Waals surface area contributed by atoms with E-state index in [1.165, 1.54) is 10.2 Å². The summed E-state index contributed by atoms with van der Waals surface area (Å²) in [5, 5.41) is 10.6. The molecule has 0 unspecified atom stereocenters. The minimum atomic E-state index is -3.72. The van der Waals surface area contributed by atoms with Gasteiger partial charge in [-0.05, 0) is 37.3 Å². The summed E-state index contributed by atoms with van der Waals surface area (Å²) in [6.45, 7) is 1.64. The lowest BCUT2D eigenvalue weighted by Gasteiger charge is -2.08. The first-order valence-electron chi connectivity index (χ1n) is 6.66. The van der Waals surface area contributed by atoms with Crippen molar-refractivity contribution in [3.63, 3.8) is 0 Å². The Hall–Kier alpha value is -1.82. The van der Waals surface area contributed by atoms with Crippen molar-refractivity contribution in [3.8, 4) is 0 Å². The highest BCUT2D eigenvalue weighted by Crippen LogP contribution is 2.28. The molecule has 1 N–H and O–H groups in total. The minimum absolute atomic E-state index is 0.203. The Balaban J connectivity index is 2.27. The normalized spacial score (nSPS) is 12.0. The number of aryl methyl sites for hydroxylation is 1. The summed E-state index contributed by atoms with van der Waals surface area (Å²) in [5.41, 5.74) is 2.00. The number of aromatic nitrogens is 1. The number of benzene rings is 2. The van der Waals surface area contributed by atoms with Gasteiger partial charge in [-0.3, -0.25) is 0 Å². The van der Waals surface area contributed by atoms with Crippen molar-refractivity contribution in [1.82, 2.24) is 3.97 Å². The largest absolute Gasteiger partial charge is 0.392 e. The number of rotatable bonds is 3. The van der Waals surface area contributed by atoms with Crippen molar-refractivity contribution < 1.29 is 13.5 Å². The first-order chi connectivity index (χ1) is 10.4. The van der Waals surface area contributed by atoms with E-state index in [1.54, 1.807) is 42.5 Å². The zero-order valence-corrected chi connectivity index (χ0v) is 13.4. The van der Waals surface area contributed by atoms with E-state index in [0.717, 1.165) is 5.56 Å². The van der Waals surface area contributed by atoms with Crippen LogP contribution in [0.15, 0.2) is 53.6 Å². The number of hydrogen-bond acceptors (Lipinski definition) is 3. The summed E-state index contributed by atoms with van der Waals surface area (Å²) in [5.74, 6) is 0. The van der Waals surface area contributed by atoms with Gasteiger partial charge in [0.15, 0.2) is 0 Å². The second-order valence-electron chi connectivity index (χ2n) is 5.09. The Morgan fingerprint density at radius 1 is 1.14 bits per heavy atom. The highest BCUT2D eigenvalue weighted by molar-refractivity contribution is 7.90. The molecule has 0 radical (unpaired) electrons. The van der Waals surface area contributed by atoms with Crippen molar-refractivity contribution >= 4 is 32.5 Å². The molecule has 114 valence electrons. The predicted octanol–water partition coefficient (Wildman–Crippen LogP) is 3.33. The van der Waals surface area contributed by atoms with Crippen LogP contribution < -0.4 is 0 Å². The monoisotopic (exact) mass is 335 g/mol. The number of hydrogen-bond donors (Lipinski definition) is 1. The van der Waals surface area contributed by atoms with Crippen LogP contribution in [0.4, 0.5) is 0 Å². The summed E-state index contributed by atoms with van der Waals surface area (Å²) < 4.78 is 26.8. The number of halogens is 1. The summed E-state index contributed by atoms with van der Waals surface area (Å²) in [6.07, 6.45) is 1.44. The molecule has 0 bridgehead atoms. The molecule has 0 aliphatic rings. The van der Waals surface area contributed by atoms with E-state index in [4.69, 9.17) is 11.6 Å². The van der Waals surface area contributed by atoms with Gasteiger partial charge in [-0.15, -0.1) is 0 Å². The fraction of sp³-hybridized carbons (Fsp3) is 0.125. The van der Waals surface area contributed by atoms with Gasteiger partial charge in [-0.1, -0.05) is 29.3 Å². The van der Waals surface area contributed by atoms with E-state index in [-0.39, 0.29) is 11.5 Å². The van der Waals surface area contributed by atoms with Crippen LogP contribution in [0.25, 0.3) is 10.9 Å². The van der Waals surface area contributed by atoms with E-state index in [1.807, 2.05) is 6.92 Å². The smallest absolute Gasteiger partial charge is 0.268 e. The zero-order valence-electron chi connectivity index (χ0n) is 11.8. The first kappa shape index (κ1) is 15.1. The Morgan fingerprint density at radius 2 is 1.82 bits per heavy atom. The van der Waals surface area contributed by atoms with Crippen molar-refractivity contribution in [1.29, 1.82) is 0 Å². The lowest BCUT2D eigenvalue weighted by molar-refractivity contribution is 0.283. The van der Waals surface area contributed by atoms with E-state index in [9.17, 15) is 13.5 Å². The maximum atomic E-state index is 12.8. The topological polar surface area (TPSA) is 59.3 Å². The molecule has 4 nitrogen and oxygen atoms in total. The van der Waals surface area contributed by atoms with Crippen molar-refractivity contribution in [2.75, 3.05) is 0 Å². The standard InChI is InChI=1S/C16H14ClNO3S/c1-11-2-5-14(6-3-11)22(20,21)18-9-12(10-19)15-8-13(17)4-7-16(15)18/h2-9,19H,10H2,1H3. The van der Waals surface area contributed by atoms with Gasteiger partial charge in [0.1, 0.15) is 0 Å². The maximum Gasteiger partial charge on any atom is 0.268 e. The molecule has 0 fully saturated rings. The molecule has 2 aromatic carbocycles. The summed E-state index contributed by atoms with van der Waals surface area (Å²) in [4.78, 5) is 0.203. The number of nitrogens with zero attached hydrogens (tertiary/aromatic N) is 1. The summed E-state index contributed by atoms with van der Waals surface area (Å²) in [7, 11) is -3.72. The quantitative estimate of drug-likeness (QED) is 0.798. The lowest BCUT2D eigenvalue weighted by Crippen LogP contribution is -2.11. The lowest BCUT2D eigenvalue weighted by atomic mass is 10.2. The second kappa shape index (κ2) is 5.43. The maximum absolute atomic E-state index is 12.8. The van der Waals surface area contributed by atoms with Gasteiger partial charge in [-0.25, -0.2) is 12.4 Å². The highest BCUT2D eigenvalue weighted by Gasteiger charge is 2.21. The SMILES string of the molecule is Cc1ccc(S(=O)(=O)n2cc(CO)c3cc(Cl)ccc32)cc1. The number of aliphatic hydroxyl groups excluding tert-OH is 1. The molecule has 0 saturated carbocycles. The van der Waals surface area contributed by atoms with E-state index in [2.05, 4.69) is 0 Å². The Morgan fingerprint density at radius 3 is 2.45 bits per heavy atom.